The fraction of sp³-hybridized carbons (Fsp3) is 0.227. The van der Waals surface area contributed by atoms with Crippen LogP contribution < -0.4 is 5.43 Å². The summed E-state index contributed by atoms with van der Waals surface area (Å²) >= 11 is 0. The normalized spacial score (nSPS) is 11.5. The Morgan fingerprint density at radius 2 is 1.78 bits per heavy atom. The van der Waals surface area contributed by atoms with Gasteiger partial charge in [-0.3, -0.25) is 9.48 Å². The third kappa shape index (κ3) is 4.70. The number of hydrazone groups is 1. The highest BCUT2D eigenvalue weighted by molar-refractivity contribution is 6.00. The van der Waals surface area contributed by atoms with Gasteiger partial charge >= 0.3 is 0 Å². The van der Waals surface area contributed by atoms with E-state index >= 15 is 0 Å². The number of aryl methyl sites for hydroxylation is 3. The van der Waals surface area contributed by atoms with E-state index in [1.165, 1.54) is 5.56 Å². The number of nitrogens with one attached hydrogen (secondary N) is 1. The predicted molar refractivity (Wildman–Crippen MR) is 108 cm³/mol. The summed E-state index contributed by atoms with van der Waals surface area (Å²) < 4.78 is 1.94. The molecule has 3 aromatic rings. The van der Waals surface area contributed by atoms with E-state index in [9.17, 15) is 4.79 Å². The van der Waals surface area contributed by atoms with Gasteiger partial charge in [0.1, 0.15) is 0 Å². The third-order valence-corrected chi connectivity index (χ3v) is 4.42. The molecule has 0 unspecified atom stereocenters. The van der Waals surface area contributed by atoms with Crippen molar-refractivity contribution in [2.24, 2.45) is 5.10 Å². The topological polar surface area (TPSA) is 59.3 Å². The van der Waals surface area contributed by atoms with Gasteiger partial charge in [0, 0.05) is 11.3 Å². The van der Waals surface area contributed by atoms with Gasteiger partial charge in [-0.2, -0.15) is 10.2 Å². The zero-order chi connectivity index (χ0) is 19.4. The van der Waals surface area contributed by atoms with Crippen molar-refractivity contribution >= 4 is 11.6 Å². The average molecular weight is 360 g/mol. The Morgan fingerprint density at radius 3 is 2.44 bits per heavy atom. The van der Waals surface area contributed by atoms with E-state index in [2.05, 4.69) is 15.6 Å². The van der Waals surface area contributed by atoms with Crippen molar-refractivity contribution in [1.29, 1.82) is 0 Å². The van der Waals surface area contributed by atoms with Gasteiger partial charge < -0.3 is 0 Å². The molecule has 1 aromatic heterocycles. The number of hydrogen-bond donors (Lipinski definition) is 1. The van der Waals surface area contributed by atoms with E-state index in [1.54, 1.807) is 6.07 Å². The Hall–Kier alpha value is -3.21. The summed E-state index contributed by atoms with van der Waals surface area (Å²) in [6.07, 6.45) is 0. The first-order chi connectivity index (χ1) is 12.9. The quantitative estimate of drug-likeness (QED) is 0.552. The van der Waals surface area contributed by atoms with Crippen molar-refractivity contribution in [3.63, 3.8) is 0 Å². The molecule has 138 valence electrons. The molecule has 0 spiro atoms. The second-order valence-corrected chi connectivity index (χ2v) is 6.79. The molecule has 3 rings (SSSR count). The first-order valence-corrected chi connectivity index (χ1v) is 8.94. The molecule has 0 bridgehead atoms. The number of rotatable bonds is 5. The van der Waals surface area contributed by atoms with Gasteiger partial charge in [0.05, 0.1) is 18.0 Å². The Kier molecular flexibility index (Phi) is 5.50. The zero-order valence-electron chi connectivity index (χ0n) is 16.2. The molecule has 0 saturated heterocycles. The van der Waals surface area contributed by atoms with E-state index in [4.69, 9.17) is 0 Å². The maximum Gasteiger partial charge on any atom is 0.271 e. The van der Waals surface area contributed by atoms with Crippen LogP contribution >= 0.6 is 0 Å². The molecule has 1 N–H and O–H groups in total. The molecular weight excluding hydrogens is 336 g/mol. The van der Waals surface area contributed by atoms with Crippen molar-refractivity contribution in [3.8, 4) is 0 Å². The smallest absolute Gasteiger partial charge is 0.267 e. The van der Waals surface area contributed by atoms with Gasteiger partial charge in [-0.15, -0.1) is 0 Å². The van der Waals surface area contributed by atoms with Crippen LogP contribution in [-0.2, 0) is 6.54 Å². The molecule has 0 aliphatic carbocycles. The van der Waals surface area contributed by atoms with Crippen LogP contribution in [-0.4, -0.2) is 21.4 Å². The molecule has 0 aliphatic rings. The van der Waals surface area contributed by atoms with Gasteiger partial charge in [-0.05, 0) is 57.0 Å². The van der Waals surface area contributed by atoms with E-state index in [1.807, 2.05) is 80.9 Å². The van der Waals surface area contributed by atoms with E-state index in [-0.39, 0.29) is 5.91 Å². The minimum Gasteiger partial charge on any atom is -0.267 e. The Balaban J connectivity index is 1.70. The lowest BCUT2D eigenvalue weighted by molar-refractivity contribution is 0.0954. The highest BCUT2D eigenvalue weighted by atomic mass is 16.2. The minimum atomic E-state index is -0.225. The molecule has 5 heteroatoms. The standard InChI is InChI=1S/C22H24N4O/c1-15-8-10-20(11-9-15)18(4)23-24-22(27)21-7-5-6-19(13-21)14-26-17(3)12-16(2)25-26/h5-13H,14H2,1-4H3,(H,24,27)/b23-18-. The Bertz CT molecular complexity index is 984. The van der Waals surface area contributed by atoms with Crippen LogP contribution in [0.4, 0.5) is 0 Å². The summed E-state index contributed by atoms with van der Waals surface area (Å²) in [4.78, 5) is 12.5. The number of carbonyl (C=O) groups excluding carboxylic acids is 1. The lowest BCUT2D eigenvalue weighted by atomic mass is 10.1. The third-order valence-electron chi connectivity index (χ3n) is 4.42. The predicted octanol–water partition coefficient (Wildman–Crippen LogP) is 4.01. The molecule has 1 heterocycles. The molecule has 27 heavy (non-hydrogen) atoms. The second-order valence-electron chi connectivity index (χ2n) is 6.79. The number of hydrogen-bond acceptors (Lipinski definition) is 3. The molecule has 0 atom stereocenters. The number of aromatic nitrogens is 2. The SMILES string of the molecule is C/C(=N/NC(=O)c1cccc(Cn2nc(C)cc2C)c1)c1ccc(C)cc1. The van der Waals surface area contributed by atoms with Crippen LogP contribution in [0.15, 0.2) is 59.7 Å². The molecule has 1 amide bonds. The average Bonchev–Trinajstić information content (AvgIpc) is 2.97. The minimum absolute atomic E-state index is 0.225. The van der Waals surface area contributed by atoms with Crippen LogP contribution in [0.25, 0.3) is 0 Å². The molecule has 0 saturated carbocycles. The number of carbonyl (C=O) groups is 1. The number of amides is 1. The highest BCUT2D eigenvalue weighted by Crippen LogP contribution is 2.10. The van der Waals surface area contributed by atoms with Gasteiger partial charge in [0.15, 0.2) is 0 Å². The molecule has 5 nitrogen and oxygen atoms in total. The Labute approximate surface area is 159 Å². The van der Waals surface area contributed by atoms with Crippen LogP contribution in [0, 0.1) is 20.8 Å². The Morgan fingerprint density at radius 1 is 1.04 bits per heavy atom. The summed E-state index contributed by atoms with van der Waals surface area (Å²) in [6.45, 7) is 8.55. The van der Waals surface area contributed by atoms with Crippen molar-refractivity contribution in [1.82, 2.24) is 15.2 Å². The molecular formula is C22H24N4O. The molecule has 0 fully saturated rings. The van der Waals surface area contributed by atoms with E-state index < -0.39 is 0 Å². The maximum atomic E-state index is 12.5. The summed E-state index contributed by atoms with van der Waals surface area (Å²) in [5.74, 6) is -0.225. The van der Waals surface area contributed by atoms with Crippen LogP contribution in [0.2, 0.25) is 0 Å². The van der Waals surface area contributed by atoms with E-state index in [0.29, 0.717) is 12.1 Å². The van der Waals surface area contributed by atoms with Gasteiger partial charge in [-0.25, -0.2) is 5.43 Å². The number of benzene rings is 2. The highest BCUT2D eigenvalue weighted by Gasteiger charge is 2.08. The first kappa shape index (κ1) is 18.6. The van der Waals surface area contributed by atoms with Gasteiger partial charge in [-0.1, -0.05) is 42.0 Å². The summed E-state index contributed by atoms with van der Waals surface area (Å²) in [5, 5.41) is 8.70. The molecule has 2 aromatic carbocycles. The maximum absolute atomic E-state index is 12.5. The fourth-order valence-corrected chi connectivity index (χ4v) is 2.88. The molecule has 0 aliphatic heterocycles. The van der Waals surface area contributed by atoms with Crippen LogP contribution in [0.5, 0.6) is 0 Å². The first-order valence-electron chi connectivity index (χ1n) is 8.94. The van der Waals surface area contributed by atoms with Crippen molar-refractivity contribution < 1.29 is 4.79 Å². The van der Waals surface area contributed by atoms with Gasteiger partial charge in [0.2, 0.25) is 0 Å². The molecule has 0 radical (unpaired) electrons. The lowest BCUT2D eigenvalue weighted by Gasteiger charge is -2.07. The zero-order valence-corrected chi connectivity index (χ0v) is 16.2. The summed E-state index contributed by atoms with van der Waals surface area (Å²) in [7, 11) is 0. The lowest BCUT2D eigenvalue weighted by Crippen LogP contribution is -2.19. The monoisotopic (exact) mass is 360 g/mol. The largest absolute Gasteiger partial charge is 0.271 e. The van der Waals surface area contributed by atoms with Crippen LogP contribution in [0.1, 0.15) is 45.4 Å². The van der Waals surface area contributed by atoms with Crippen molar-refractivity contribution in [3.05, 3.63) is 88.2 Å². The van der Waals surface area contributed by atoms with E-state index in [0.717, 1.165) is 28.2 Å². The van der Waals surface area contributed by atoms with Crippen LogP contribution in [0.3, 0.4) is 0 Å². The van der Waals surface area contributed by atoms with Crippen molar-refractivity contribution in [2.75, 3.05) is 0 Å². The van der Waals surface area contributed by atoms with Crippen molar-refractivity contribution in [2.45, 2.75) is 34.2 Å². The number of nitrogens with zero attached hydrogens (tertiary/aromatic N) is 3. The fourth-order valence-electron chi connectivity index (χ4n) is 2.88. The summed E-state index contributed by atoms with van der Waals surface area (Å²) in [5.41, 5.74) is 9.27. The van der Waals surface area contributed by atoms with Gasteiger partial charge in [0.25, 0.3) is 5.91 Å². The second kappa shape index (κ2) is 7.99. The summed E-state index contributed by atoms with van der Waals surface area (Å²) in [6, 6.07) is 17.6.